The van der Waals surface area contributed by atoms with E-state index >= 15 is 0 Å². The highest BCUT2D eigenvalue weighted by Crippen LogP contribution is 2.28. The Kier molecular flexibility index (Phi) is 7.34. The van der Waals surface area contributed by atoms with Crippen molar-refractivity contribution in [1.82, 2.24) is 15.1 Å². The van der Waals surface area contributed by atoms with Gasteiger partial charge >= 0.3 is 0 Å². The van der Waals surface area contributed by atoms with Gasteiger partial charge in [-0.15, -0.1) is 0 Å². The average molecular weight is 323 g/mol. The number of amides is 2. The van der Waals surface area contributed by atoms with Crippen molar-refractivity contribution in [2.45, 2.75) is 52.4 Å². The van der Waals surface area contributed by atoms with Crippen LogP contribution in [0.25, 0.3) is 0 Å². The van der Waals surface area contributed by atoms with Gasteiger partial charge in [0.05, 0.1) is 0 Å². The minimum Gasteiger partial charge on any atom is -0.355 e. The molecule has 0 bridgehead atoms. The van der Waals surface area contributed by atoms with Gasteiger partial charge in [0, 0.05) is 39.5 Å². The van der Waals surface area contributed by atoms with E-state index in [-0.39, 0.29) is 11.8 Å². The van der Waals surface area contributed by atoms with Gasteiger partial charge in [-0.25, -0.2) is 0 Å². The van der Waals surface area contributed by atoms with E-state index in [2.05, 4.69) is 17.1 Å². The number of hydrogen-bond donors (Lipinski definition) is 1. The van der Waals surface area contributed by atoms with Crippen molar-refractivity contribution in [2.75, 3.05) is 39.3 Å². The van der Waals surface area contributed by atoms with E-state index in [1.54, 1.807) is 6.92 Å². The largest absolute Gasteiger partial charge is 0.355 e. The summed E-state index contributed by atoms with van der Waals surface area (Å²) in [6.45, 7) is 9.52. The highest BCUT2D eigenvalue weighted by Gasteiger charge is 2.30. The van der Waals surface area contributed by atoms with Crippen LogP contribution in [0.2, 0.25) is 0 Å². The normalized spacial score (nSPS) is 26.1. The summed E-state index contributed by atoms with van der Waals surface area (Å²) < 4.78 is 0. The summed E-state index contributed by atoms with van der Waals surface area (Å²) in [5.41, 5.74) is 0. The second kappa shape index (κ2) is 9.26. The molecule has 0 aliphatic carbocycles. The van der Waals surface area contributed by atoms with Crippen LogP contribution in [-0.4, -0.2) is 60.9 Å². The van der Waals surface area contributed by atoms with Gasteiger partial charge in [0.25, 0.3) is 0 Å². The summed E-state index contributed by atoms with van der Waals surface area (Å²) in [4.78, 5) is 28.1. The molecule has 0 saturated carbocycles. The minimum absolute atomic E-state index is 0.160. The van der Waals surface area contributed by atoms with Crippen LogP contribution in [0.5, 0.6) is 0 Å². The Hall–Kier alpha value is -1.10. The van der Waals surface area contributed by atoms with Crippen molar-refractivity contribution in [2.24, 2.45) is 11.8 Å². The molecule has 0 aromatic heterocycles. The highest BCUT2D eigenvalue weighted by atomic mass is 16.2. The first-order valence-electron chi connectivity index (χ1n) is 9.34. The zero-order valence-electron chi connectivity index (χ0n) is 14.9. The molecular formula is C18H33N3O2. The lowest BCUT2D eigenvalue weighted by molar-refractivity contribution is -0.132. The Morgan fingerprint density at radius 2 is 1.83 bits per heavy atom. The van der Waals surface area contributed by atoms with Crippen LogP contribution in [-0.2, 0) is 9.59 Å². The van der Waals surface area contributed by atoms with Crippen molar-refractivity contribution >= 4 is 11.8 Å². The number of rotatable bonds is 6. The van der Waals surface area contributed by atoms with Crippen LogP contribution >= 0.6 is 0 Å². The standard InChI is InChI=1S/C18H33N3O2/c1-3-16-14-21(15(2)22)11-7-17(16)13-18(23)19-8-12-20-9-5-4-6-10-20/h16-17H,3-14H2,1-2H3,(H,19,23)/t16-,17-/m0/s1. The molecule has 2 aliphatic rings. The van der Waals surface area contributed by atoms with Crippen molar-refractivity contribution in [3.63, 3.8) is 0 Å². The molecule has 0 unspecified atom stereocenters. The monoisotopic (exact) mass is 323 g/mol. The number of nitrogens with zero attached hydrogens (tertiary/aromatic N) is 2. The number of likely N-dealkylation sites (tertiary alicyclic amines) is 2. The van der Waals surface area contributed by atoms with Crippen LogP contribution in [0.3, 0.4) is 0 Å². The number of piperidine rings is 2. The molecule has 5 nitrogen and oxygen atoms in total. The van der Waals surface area contributed by atoms with Gasteiger partial charge in [-0.2, -0.15) is 0 Å². The van der Waals surface area contributed by atoms with Crippen molar-refractivity contribution in [1.29, 1.82) is 0 Å². The fourth-order valence-electron chi connectivity index (χ4n) is 3.94. The maximum atomic E-state index is 12.2. The molecule has 0 aromatic carbocycles. The van der Waals surface area contributed by atoms with E-state index in [0.29, 0.717) is 18.3 Å². The lowest BCUT2D eigenvalue weighted by Gasteiger charge is -2.37. The second-order valence-electron chi connectivity index (χ2n) is 7.14. The van der Waals surface area contributed by atoms with Crippen LogP contribution in [0.15, 0.2) is 0 Å². The van der Waals surface area contributed by atoms with Crippen molar-refractivity contribution < 1.29 is 9.59 Å². The number of hydrogen-bond acceptors (Lipinski definition) is 3. The summed E-state index contributed by atoms with van der Waals surface area (Å²) in [7, 11) is 0. The van der Waals surface area contributed by atoms with Gasteiger partial charge in [-0.3, -0.25) is 9.59 Å². The molecule has 2 rings (SSSR count). The Morgan fingerprint density at radius 3 is 2.48 bits per heavy atom. The molecule has 2 amide bonds. The molecular weight excluding hydrogens is 290 g/mol. The van der Waals surface area contributed by atoms with Gasteiger partial charge in [0.15, 0.2) is 0 Å². The smallest absolute Gasteiger partial charge is 0.220 e. The van der Waals surface area contributed by atoms with Crippen LogP contribution in [0, 0.1) is 11.8 Å². The van der Waals surface area contributed by atoms with E-state index in [4.69, 9.17) is 0 Å². The fraction of sp³-hybridized carbons (Fsp3) is 0.889. The predicted molar refractivity (Wildman–Crippen MR) is 92.1 cm³/mol. The van der Waals surface area contributed by atoms with Gasteiger partial charge in [-0.1, -0.05) is 19.8 Å². The molecule has 2 atom stereocenters. The molecule has 2 heterocycles. The van der Waals surface area contributed by atoms with Gasteiger partial charge in [-0.05, 0) is 44.2 Å². The maximum Gasteiger partial charge on any atom is 0.220 e. The predicted octanol–water partition coefficient (Wildman–Crippen LogP) is 1.87. The summed E-state index contributed by atoms with van der Waals surface area (Å²) in [6.07, 6.45) is 6.54. The first-order valence-corrected chi connectivity index (χ1v) is 9.34. The molecule has 0 radical (unpaired) electrons. The van der Waals surface area contributed by atoms with E-state index in [9.17, 15) is 9.59 Å². The number of carbonyl (C=O) groups is 2. The maximum absolute atomic E-state index is 12.2. The SMILES string of the molecule is CC[C@H]1CN(C(C)=O)CC[C@H]1CC(=O)NCCN1CCCCC1. The quantitative estimate of drug-likeness (QED) is 0.812. The van der Waals surface area contributed by atoms with E-state index in [1.807, 2.05) is 4.90 Å². The van der Waals surface area contributed by atoms with Crippen molar-refractivity contribution in [3.05, 3.63) is 0 Å². The number of nitrogens with one attached hydrogen (secondary N) is 1. The van der Waals surface area contributed by atoms with Crippen LogP contribution in [0.4, 0.5) is 0 Å². The minimum atomic E-state index is 0.160. The first kappa shape index (κ1) is 18.2. The second-order valence-corrected chi connectivity index (χ2v) is 7.14. The van der Waals surface area contributed by atoms with Crippen molar-refractivity contribution in [3.8, 4) is 0 Å². The van der Waals surface area contributed by atoms with E-state index < -0.39 is 0 Å². The van der Waals surface area contributed by atoms with Gasteiger partial charge < -0.3 is 15.1 Å². The average Bonchev–Trinajstić information content (AvgIpc) is 2.56. The molecule has 132 valence electrons. The fourth-order valence-corrected chi connectivity index (χ4v) is 3.94. The molecule has 2 aliphatic heterocycles. The number of carbonyl (C=O) groups excluding carboxylic acids is 2. The summed E-state index contributed by atoms with van der Waals surface area (Å²) >= 11 is 0. The summed E-state index contributed by atoms with van der Waals surface area (Å²) in [6, 6.07) is 0. The van der Waals surface area contributed by atoms with Crippen LogP contribution < -0.4 is 5.32 Å². The molecule has 5 heteroatoms. The lowest BCUT2D eigenvalue weighted by atomic mass is 9.81. The molecule has 23 heavy (non-hydrogen) atoms. The summed E-state index contributed by atoms with van der Waals surface area (Å²) in [5.74, 6) is 1.22. The molecule has 2 fully saturated rings. The Labute approximate surface area is 140 Å². The third-order valence-electron chi connectivity index (χ3n) is 5.51. The topological polar surface area (TPSA) is 52.7 Å². The molecule has 0 spiro atoms. The Bertz CT molecular complexity index is 394. The first-order chi connectivity index (χ1) is 11.1. The van der Waals surface area contributed by atoms with E-state index in [1.165, 1.54) is 32.4 Å². The third-order valence-corrected chi connectivity index (χ3v) is 5.51. The molecule has 0 aromatic rings. The van der Waals surface area contributed by atoms with Crippen LogP contribution in [0.1, 0.15) is 52.4 Å². The Balaban J connectivity index is 1.68. The highest BCUT2D eigenvalue weighted by molar-refractivity contribution is 5.76. The lowest BCUT2D eigenvalue weighted by Crippen LogP contribution is -2.44. The zero-order chi connectivity index (χ0) is 16.7. The Morgan fingerprint density at radius 1 is 1.09 bits per heavy atom. The zero-order valence-corrected chi connectivity index (χ0v) is 14.9. The summed E-state index contributed by atoms with van der Waals surface area (Å²) in [5, 5.41) is 3.09. The molecule has 1 N–H and O–H groups in total. The third kappa shape index (κ3) is 5.79. The van der Waals surface area contributed by atoms with E-state index in [0.717, 1.165) is 39.0 Å². The van der Waals surface area contributed by atoms with Gasteiger partial charge in [0.1, 0.15) is 0 Å². The molecule has 2 saturated heterocycles. The van der Waals surface area contributed by atoms with Gasteiger partial charge in [0.2, 0.25) is 11.8 Å².